The Morgan fingerprint density at radius 3 is 2.44 bits per heavy atom. The largest absolute Gasteiger partial charge is 0.341 e. The summed E-state index contributed by atoms with van der Waals surface area (Å²) in [6, 6.07) is 16.7. The van der Waals surface area contributed by atoms with E-state index in [4.69, 9.17) is 5.73 Å². The Labute approximate surface area is 154 Å². The van der Waals surface area contributed by atoms with Crippen molar-refractivity contribution in [2.45, 2.75) is 42.9 Å². The van der Waals surface area contributed by atoms with Crippen molar-refractivity contribution in [3.05, 3.63) is 65.2 Å². The highest BCUT2D eigenvalue weighted by atomic mass is 32.2. The summed E-state index contributed by atoms with van der Waals surface area (Å²) in [4.78, 5) is 16.4. The van der Waals surface area contributed by atoms with Gasteiger partial charge >= 0.3 is 0 Å². The second kappa shape index (κ2) is 8.07. The maximum atomic E-state index is 13.3. The predicted octanol–water partition coefficient (Wildman–Crippen LogP) is 4.09. The first-order chi connectivity index (χ1) is 12.0. The maximum Gasteiger partial charge on any atom is 0.240 e. The van der Waals surface area contributed by atoms with Gasteiger partial charge in [0.05, 0.1) is 0 Å². The smallest absolute Gasteiger partial charge is 0.240 e. The molecule has 1 aliphatic rings. The van der Waals surface area contributed by atoms with Gasteiger partial charge in [-0.15, -0.1) is 11.8 Å². The molecule has 1 atom stereocenters. The van der Waals surface area contributed by atoms with E-state index in [0.717, 1.165) is 31.5 Å². The van der Waals surface area contributed by atoms with E-state index in [1.54, 1.807) is 11.8 Å². The normalized spacial score (nSPS) is 16.7. The van der Waals surface area contributed by atoms with E-state index < -0.39 is 0 Å². The predicted molar refractivity (Wildman–Crippen MR) is 105 cm³/mol. The average Bonchev–Trinajstić information content (AvgIpc) is 2.62. The van der Waals surface area contributed by atoms with Crippen molar-refractivity contribution < 1.29 is 4.79 Å². The highest BCUT2D eigenvalue weighted by Gasteiger charge is 2.29. The van der Waals surface area contributed by atoms with E-state index >= 15 is 0 Å². The highest BCUT2D eigenvalue weighted by Crippen LogP contribution is 2.38. The van der Waals surface area contributed by atoms with E-state index in [1.807, 2.05) is 23.1 Å². The number of benzene rings is 2. The number of rotatable bonds is 4. The Kier molecular flexibility index (Phi) is 5.82. The monoisotopic (exact) mass is 354 g/mol. The van der Waals surface area contributed by atoms with Gasteiger partial charge in [0.25, 0.3) is 0 Å². The van der Waals surface area contributed by atoms with Gasteiger partial charge in [-0.2, -0.15) is 0 Å². The molecule has 3 rings (SSSR count). The van der Waals surface area contributed by atoms with Crippen molar-refractivity contribution in [1.82, 2.24) is 4.90 Å². The Morgan fingerprint density at radius 1 is 1.12 bits per heavy atom. The van der Waals surface area contributed by atoms with Gasteiger partial charge < -0.3 is 10.6 Å². The lowest BCUT2D eigenvalue weighted by Crippen LogP contribution is -2.44. The molecule has 132 valence electrons. The molecule has 0 radical (unpaired) electrons. The lowest BCUT2D eigenvalue weighted by molar-refractivity contribution is -0.131. The second-order valence-corrected chi connectivity index (χ2v) is 7.99. The summed E-state index contributed by atoms with van der Waals surface area (Å²) in [6.07, 6.45) is 1.78. The number of likely N-dealkylation sites (tertiary alicyclic amines) is 1. The van der Waals surface area contributed by atoms with Gasteiger partial charge in [0, 0.05) is 24.0 Å². The Morgan fingerprint density at radius 2 is 1.80 bits per heavy atom. The molecule has 4 heteroatoms. The molecule has 1 aliphatic heterocycles. The van der Waals surface area contributed by atoms with E-state index in [1.165, 1.54) is 16.0 Å². The van der Waals surface area contributed by atoms with Crippen molar-refractivity contribution in [2.24, 2.45) is 5.73 Å². The average molecular weight is 355 g/mol. The van der Waals surface area contributed by atoms with Crippen molar-refractivity contribution in [2.75, 3.05) is 13.1 Å². The van der Waals surface area contributed by atoms with Gasteiger partial charge in [0.1, 0.15) is 5.25 Å². The summed E-state index contributed by atoms with van der Waals surface area (Å²) in [5.74, 6) is 0.197. The van der Waals surface area contributed by atoms with Gasteiger partial charge in [-0.05, 0) is 43.9 Å². The Balaban J connectivity index is 1.86. The van der Waals surface area contributed by atoms with Crippen LogP contribution in [-0.2, 0) is 4.79 Å². The van der Waals surface area contributed by atoms with E-state index in [0.29, 0.717) is 0 Å². The molecule has 0 aliphatic carbocycles. The van der Waals surface area contributed by atoms with Crippen LogP contribution in [0.1, 0.15) is 34.8 Å². The van der Waals surface area contributed by atoms with Crippen molar-refractivity contribution >= 4 is 17.7 Å². The fraction of sp³-hybridized carbons (Fsp3) is 0.381. The number of aryl methyl sites for hydroxylation is 2. The van der Waals surface area contributed by atoms with E-state index in [-0.39, 0.29) is 17.2 Å². The summed E-state index contributed by atoms with van der Waals surface area (Å²) < 4.78 is 0. The number of piperidine rings is 1. The minimum absolute atomic E-state index is 0.197. The fourth-order valence-corrected chi connectivity index (χ4v) is 4.42. The molecule has 0 spiro atoms. The van der Waals surface area contributed by atoms with Crippen LogP contribution in [0.4, 0.5) is 0 Å². The molecule has 1 heterocycles. The zero-order chi connectivity index (χ0) is 17.8. The SMILES string of the molecule is Cc1ccc(SC(C(=O)N2CCC(N)CC2)c2ccccc2)c(C)c1. The van der Waals surface area contributed by atoms with Gasteiger partial charge in [0.15, 0.2) is 0 Å². The first-order valence-electron chi connectivity index (χ1n) is 8.88. The third kappa shape index (κ3) is 4.44. The molecule has 2 aromatic carbocycles. The molecule has 2 aromatic rings. The minimum atomic E-state index is -0.211. The molecular weight excluding hydrogens is 328 g/mol. The van der Waals surface area contributed by atoms with E-state index in [9.17, 15) is 4.79 Å². The molecule has 1 amide bonds. The second-order valence-electron chi connectivity index (χ2n) is 6.84. The quantitative estimate of drug-likeness (QED) is 0.841. The van der Waals surface area contributed by atoms with Gasteiger partial charge in [-0.1, -0.05) is 48.0 Å². The number of hydrogen-bond donors (Lipinski definition) is 1. The van der Waals surface area contributed by atoms with Crippen LogP contribution in [0.5, 0.6) is 0 Å². The van der Waals surface area contributed by atoms with Crippen molar-refractivity contribution in [1.29, 1.82) is 0 Å². The van der Waals surface area contributed by atoms with Crippen LogP contribution in [0.15, 0.2) is 53.4 Å². The summed E-state index contributed by atoms with van der Waals surface area (Å²) in [6.45, 7) is 5.73. The number of amides is 1. The van der Waals surface area contributed by atoms with Crippen LogP contribution in [0, 0.1) is 13.8 Å². The third-order valence-electron chi connectivity index (χ3n) is 4.75. The number of nitrogens with two attached hydrogens (primary N) is 1. The molecule has 0 aromatic heterocycles. The van der Waals surface area contributed by atoms with Crippen LogP contribution < -0.4 is 5.73 Å². The molecule has 2 N–H and O–H groups in total. The summed E-state index contributed by atoms with van der Waals surface area (Å²) in [7, 11) is 0. The number of nitrogens with zero attached hydrogens (tertiary/aromatic N) is 1. The van der Waals surface area contributed by atoms with Crippen LogP contribution in [-0.4, -0.2) is 29.9 Å². The molecule has 25 heavy (non-hydrogen) atoms. The fourth-order valence-electron chi connectivity index (χ4n) is 3.23. The summed E-state index contributed by atoms with van der Waals surface area (Å²) in [5, 5.41) is -0.211. The zero-order valence-electron chi connectivity index (χ0n) is 14.9. The van der Waals surface area contributed by atoms with Crippen molar-refractivity contribution in [3.8, 4) is 0 Å². The molecule has 1 saturated heterocycles. The number of carbonyl (C=O) groups is 1. The number of hydrogen-bond acceptors (Lipinski definition) is 3. The van der Waals surface area contributed by atoms with Crippen LogP contribution >= 0.6 is 11.8 Å². The van der Waals surface area contributed by atoms with E-state index in [2.05, 4.69) is 44.2 Å². The molecule has 1 fully saturated rings. The summed E-state index contributed by atoms with van der Waals surface area (Å²) >= 11 is 1.66. The first-order valence-corrected chi connectivity index (χ1v) is 9.76. The first kappa shape index (κ1) is 18.0. The van der Waals surface area contributed by atoms with Gasteiger partial charge in [-0.3, -0.25) is 4.79 Å². The molecular formula is C21H26N2OS. The van der Waals surface area contributed by atoms with Gasteiger partial charge in [-0.25, -0.2) is 0 Å². The summed E-state index contributed by atoms with van der Waals surface area (Å²) in [5.41, 5.74) is 9.53. The molecule has 3 nitrogen and oxygen atoms in total. The van der Waals surface area contributed by atoms with Crippen LogP contribution in [0.3, 0.4) is 0 Å². The Bertz CT molecular complexity index is 724. The minimum Gasteiger partial charge on any atom is -0.341 e. The van der Waals surface area contributed by atoms with Crippen LogP contribution in [0.2, 0.25) is 0 Å². The molecule has 0 saturated carbocycles. The lowest BCUT2D eigenvalue weighted by atomic mass is 10.0. The molecule has 1 unspecified atom stereocenters. The van der Waals surface area contributed by atoms with Gasteiger partial charge in [0.2, 0.25) is 5.91 Å². The van der Waals surface area contributed by atoms with Crippen molar-refractivity contribution in [3.63, 3.8) is 0 Å². The molecule has 0 bridgehead atoms. The highest BCUT2D eigenvalue weighted by molar-refractivity contribution is 8.00. The standard InChI is InChI=1S/C21H26N2OS/c1-15-8-9-19(16(2)14-15)25-20(17-6-4-3-5-7-17)21(24)23-12-10-18(22)11-13-23/h3-9,14,18,20H,10-13,22H2,1-2H3. The number of thioether (sulfide) groups is 1. The Hall–Kier alpha value is -1.78. The number of carbonyl (C=O) groups excluding carboxylic acids is 1. The third-order valence-corrected chi connectivity index (χ3v) is 6.17. The zero-order valence-corrected chi connectivity index (χ0v) is 15.8. The van der Waals surface area contributed by atoms with Crippen LogP contribution in [0.25, 0.3) is 0 Å². The maximum absolute atomic E-state index is 13.3. The lowest BCUT2D eigenvalue weighted by Gasteiger charge is -2.33. The topological polar surface area (TPSA) is 46.3 Å².